The fourth-order valence-corrected chi connectivity index (χ4v) is 3.17. The highest BCUT2D eigenvalue weighted by Crippen LogP contribution is 2.39. The van der Waals surface area contributed by atoms with Crippen molar-refractivity contribution in [3.05, 3.63) is 46.0 Å². The Balaban J connectivity index is 0.00000100. The summed E-state index contributed by atoms with van der Waals surface area (Å²) in [6, 6.07) is 8.83. The third-order valence-electron chi connectivity index (χ3n) is 3.43. The minimum Gasteiger partial charge on any atom is -0.496 e. The SMILES string of the molecule is CC.COc1ccc(C)cc1-c1nsc2cc(N)c([N+](=O)[O-])cc12. The van der Waals surface area contributed by atoms with Gasteiger partial charge in [-0.1, -0.05) is 25.5 Å². The molecule has 1 aromatic heterocycles. The van der Waals surface area contributed by atoms with E-state index in [1.54, 1.807) is 13.2 Å². The molecule has 3 aromatic rings. The summed E-state index contributed by atoms with van der Waals surface area (Å²) in [5.74, 6) is 0.678. The smallest absolute Gasteiger partial charge is 0.292 e. The van der Waals surface area contributed by atoms with E-state index in [1.165, 1.54) is 17.6 Å². The Morgan fingerprint density at radius 1 is 1.25 bits per heavy atom. The summed E-state index contributed by atoms with van der Waals surface area (Å²) < 4.78 is 10.6. The van der Waals surface area contributed by atoms with Crippen LogP contribution in [-0.2, 0) is 0 Å². The number of nitrogens with two attached hydrogens (primary N) is 1. The van der Waals surface area contributed by atoms with E-state index >= 15 is 0 Å². The molecule has 0 bridgehead atoms. The fourth-order valence-electron chi connectivity index (χ4n) is 2.35. The summed E-state index contributed by atoms with van der Waals surface area (Å²) in [6.07, 6.45) is 0. The van der Waals surface area contributed by atoms with E-state index < -0.39 is 4.92 Å². The number of hydrogen-bond donors (Lipinski definition) is 1. The number of aryl methyl sites for hydroxylation is 1. The first-order chi connectivity index (χ1) is 11.5. The molecule has 0 atom stereocenters. The molecule has 0 saturated carbocycles. The van der Waals surface area contributed by atoms with Crippen LogP contribution >= 0.6 is 11.5 Å². The summed E-state index contributed by atoms with van der Waals surface area (Å²) >= 11 is 1.26. The molecule has 0 aliphatic rings. The standard InChI is InChI=1S/C15H13N3O3S.C2H6/c1-8-3-4-13(21-2)9(5-8)15-10-6-12(18(19)20)11(16)7-14(10)22-17-15;1-2/h3-7H,16H2,1-2H3;1-2H3. The largest absolute Gasteiger partial charge is 0.496 e. The Morgan fingerprint density at radius 3 is 2.58 bits per heavy atom. The van der Waals surface area contributed by atoms with Gasteiger partial charge in [-0.2, -0.15) is 4.37 Å². The molecular formula is C17H19N3O3S. The van der Waals surface area contributed by atoms with Crippen molar-refractivity contribution in [2.45, 2.75) is 20.8 Å². The monoisotopic (exact) mass is 345 g/mol. The van der Waals surface area contributed by atoms with Gasteiger partial charge in [0, 0.05) is 17.0 Å². The fraction of sp³-hybridized carbons (Fsp3) is 0.235. The van der Waals surface area contributed by atoms with Gasteiger partial charge >= 0.3 is 0 Å². The number of rotatable bonds is 3. The normalized spacial score (nSPS) is 10.2. The maximum atomic E-state index is 11.1. The average Bonchev–Trinajstić information content (AvgIpc) is 2.98. The van der Waals surface area contributed by atoms with Crippen molar-refractivity contribution < 1.29 is 9.66 Å². The van der Waals surface area contributed by atoms with Crippen molar-refractivity contribution >= 4 is 33.0 Å². The van der Waals surface area contributed by atoms with Gasteiger partial charge in [-0.15, -0.1) is 0 Å². The van der Waals surface area contributed by atoms with Crippen LogP contribution in [0.1, 0.15) is 19.4 Å². The Labute approximate surface area is 144 Å². The quantitative estimate of drug-likeness (QED) is 0.418. The molecule has 1 heterocycles. The second-order valence-electron chi connectivity index (χ2n) is 4.90. The van der Waals surface area contributed by atoms with E-state index in [0.717, 1.165) is 15.8 Å². The molecule has 0 saturated heterocycles. The number of nitro groups is 1. The van der Waals surface area contributed by atoms with Crippen LogP contribution in [0.5, 0.6) is 5.75 Å². The second-order valence-corrected chi connectivity index (χ2v) is 5.70. The summed E-state index contributed by atoms with van der Waals surface area (Å²) in [4.78, 5) is 10.6. The molecule has 2 N–H and O–H groups in total. The Bertz CT molecular complexity index is 890. The van der Waals surface area contributed by atoms with Crippen LogP contribution in [0.25, 0.3) is 21.3 Å². The molecule has 6 nitrogen and oxygen atoms in total. The van der Waals surface area contributed by atoms with Gasteiger partial charge in [0.2, 0.25) is 0 Å². The number of benzene rings is 2. The zero-order valence-electron chi connectivity index (χ0n) is 14.0. The van der Waals surface area contributed by atoms with Crippen LogP contribution in [-0.4, -0.2) is 16.4 Å². The molecule has 3 rings (SSSR count). The predicted octanol–water partition coefficient (Wildman–Crippen LogP) is 4.80. The molecule has 0 fully saturated rings. The van der Waals surface area contributed by atoms with E-state index in [9.17, 15) is 10.1 Å². The molecule has 7 heteroatoms. The maximum Gasteiger partial charge on any atom is 0.292 e. The van der Waals surface area contributed by atoms with Gasteiger partial charge in [-0.25, -0.2) is 0 Å². The third-order valence-corrected chi connectivity index (χ3v) is 4.23. The number of nitrogens with zero attached hydrogens (tertiary/aromatic N) is 2. The number of hydrogen-bond acceptors (Lipinski definition) is 6. The van der Waals surface area contributed by atoms with Gasteiger partial charge in [-0.05, 0) is 36.7 Å². The molecule has 0 spiro atoms. The van der Waals surface area contributed by atoms with Crippen LogP contribution in [0.4, 0.5) is 11.4 Å². The highest BCUT2D eigenvalue weighted by atomic mass is 32.1. The van der Waals surface area contributed by atoms with Gasteiger partial charge in [0.25, 0.3) is 5.69 Å². The topological polar surface area (TPSA) is 91.3 Å². The minimum atomic E-state index is -0.482. The third kappa shape index (κ3) is 3.16. The van der Waals surface area contributed by atoms with E-state index in [2.05, 4.69) is 4.37 Å². The van der Waals surface area contributed by atoms with Gasteiger partial charge in [0.1, 0.15) is 11.4 Å². The van der Waals surface area contributed by atoms with Crippen molar-refractivity contribution in [1.29, 1.82) is 0 Å². The average molecular weight is 345 g/mol. The molecule has 126 valence electrons. The van der Waals surface area contributed by atoms with Crippen LogP contribution in [0.3, 0.4) is 0 Å². The number of nitrogen functional groups attached to an aromatic ring is 1. The lowest BCUT2D eigenvalue weighted by atomic mass is 10.0. The molecule has 0 aliphatic heterocycles. The van der Waals surface area contributed by atoms with Gasteiger partial charge in [0.15, 0.2) is 0 Å². The molecule has 0 radical (unpaired) electrons. The van der Waals surface area contributed by atoms with Crippen molar-refractivity contribution in [1.82, 2.24) is 4.37 Å². The zero-order chi connectivity index (χ0) is 17.9. The molecular weight excluding hydrogens is 326 g/mol. The Morgan fingerprint density at radius 2 is 1.96 bits per heavy atom. The number of ether oxygens (including phenoxy) is 1. The number of anilines is 1. The molecule has 0 amide bonds. The molecule has 2 aromatic carbocycles. The van der Waals surface area contributed by atoms with Crippen LogP contribution in [0.2, 0.25) is 0 Å². The Kier molecular flexibility index (Phi) is 5.35. The van der Waals surface area contributed by atoms with E-state index in [1.807, 2.05) is 39.0 Å². The van der Waals surface area contributed by atoms with Gasteiger partial charge < -0.3 is 10.5 Å². The molecule has 0 unspecified atom stereocenters. The highest BCUT2D eigenvalue weighted by Gasteiger charge is 2.19. The number of methoxy groups -OCH3 is 1. The number of fused-ring (bicyclic) bond motifs is 1. The van der Waals surface area contributed by atoms with E-state index in [0.29, 0.717) is 16.8 Å². The first kappa shape index (κ1) is 17.7. The van der Waals surface area contributed by atoms with Gasteiger partial charge in [0.05, 0.1) is 22.4 Å². The number of aromatic nitrogens is 1. The van der Waals surface area contributed by atoms with Crippen LogP contribution < -0.4 is 10.5 Å². The van der Waals surface area contributed by atoms with Gasteiger partial charge in [-0.3, -0.25) is 10.1 Å². The second kappa shape index (κ2) is 7.27. The lowest BCUT2D eigenvalue weighted by Crippen LogP contribution is -1.95. The molecule has 24 heavy (non-hydrogen) atoms. The molecule has 0 aliphatic carbocycles. The first-order valence-corrected chi connectivity index (χ1v) is 8.27. The first-order valence-electron chi connectivity index (χ1n) is 7.49. The van der Waals surface area contributed by atoms with Crippen LogP contribution in [0.15, 0.2) is 30.3 Å². The predicted molar refractivity (Wildman–Crippen MR) is 98.8 cm³/mol. The lowest BCUT2D eigenvalue weighted by Gasteiger charge is -2.08. The minimum absolute atomic E-state index is 0.111. The van der Waals surface area contributed by atoms with Crippen molar-refractivity contribution in [3.63, 3.8) is 0 Å². The van der Waals surface area contributed by atoms with Crippen LogP contribution in [0, 0.1) is 17.0 Å². The highest BCUT2D eigenvalue weighted by molar-refractivity contribution is 7.13. The number of nitro benzene ring substituents is 1. The summed E-state index contributed by atoms with van der Waals surface area (Å²) in [5.41, 5.74) is 8.30. The van der Waals surface area contributed by atoms with E-state index in [4.69, 9.17) is 10.5 Å². The Hall–Kier alpha value is -2.67. The summed E-state index contributed by atoms with van der Waals surface area (Å²) in [7, 11) is 1.59. The summed E-state index contributed by atoms with van der Waals surface area (Å²) in [5, 5.41) is 11.8. The lowest BCUT2D eigenvalue weighted by molar-refractivity contribution is -0.383. The zero-order valence-corrected chi connectivity index (χ0v) is 14.8. The van der Waals surface area contributed by atoms with Crippen molar-refractivity contribution in [2.75, 3.05) is 12.8 Å². The maximum absolute atomic E-state index is 11.1. The van der Waals surface area contributed by atoms with E-state index in [-0.39, 0.29) is 11.4 Å². The summed E-state index contributed by atoms with van der Waals surface area (Å²) in [6.45, 7) is 5.97. The van der Waals surface area contributed by atoms with Crippen molar-refractivity contribution in [2.24, 2.45) is 0 Å². The van der Waals surface area contributed by atoms with Crippen molar-refractivity contribution in [3.8, 4) is 17.0 Å².